The topological polar surface area (TPSA) is 49.9 Å². The number of aromatic amines is 1. The smallest absolute Gasteiger partial charge is 0.282 e. The fraction of sp³-hybridized carbons (Fsp3) is 0. The van der Waals surface area contributed by atoms with E-state index < -0.39 is 5.63 Å². The molecule has 94 valence electrons. The summed E-state index contributed by atoms with van der Waals surface area (Å²) < 4.78 is 6.48. The fourth-order valence-electron chi connectivity index (χ4n) is 1.89. The summed E-state index contributed by atoms with van der Waals surface area (Å²) in [7, 11) is 0. The van der Waals surface area contributed by atoms with Crippen molar-refractivity contribution in [2.24, 2.45) is 0 Å². The normalized spacial score (nSPS) is 10.6. The predicted molar refractivity (Wildman–Crippen MR) is 71.3 cm³/mol. The summed E-state index contributed by atoms with van der Waals surface area (Å²) in [5.41, 5.74) is 1.59. The van der Waals surface area contributed by atoms with Crippen molar-refractivity contribution in [3.63, 3.8) is 0 Å². The maximum Gasteiger partial charge on any atom is 0.435 e. The van der Waals surface area contributed by atoms with Gasteiger partial charge in [-0.15, -0.1) is 0 Å². The van der Waals surface area contributed by atoms with Crippen molar-refractivity contribution < 1.29 is 9.20 Å². The first-order valence-electron chi connectivity index (χ1n) is 5.70. The van der Waals surface area contributed by atoms with Crippen LogP contribution in [-0.2, 0) is 0 Å². The van der Waals surface area contributed by atoms with Crippen LogP contribution in [0.5, 0.6) is 0 Å². The first kappa shape index (κ1) is 11.7. The Morgan fingerprint density at radius 2 is 1.68 bits per heavy atom. The van der Waals surface area contributed by atoms with Crippen LogP contribution in [0.3, 0.4) is 0 Å². The Morgan fingerprint density at radius 3 is 2.37 bits per heavy atom. The molecule has 1 heterocycles. The molecule has 3 rings (SSSR count). The minimum Gasteiger partial charge on any atom is -0.282 e. The molecule has 4 nitrogen and oxygen atoms in total. The lowest BCUT2D eigenvalue weighted by molar-refractivity contribution is -0.660. The minimum atomic E-state index is -0.416. The van der Waals surface area contributed by atoms with Gasteiger partial charge in [0.2, 0.25) is 5.69 Å². The molecule has 0 radical (unpaired) electrons. The molecule has 3 aromatic rings. The van der Waals surface area contributed by atoms with Crippen molar-refractivity contribution in [2.75, 3.05) is 0 Å². The Morgan fingerprint density at radius 1 is 1.00 bits per heavy atom. The van der Waals surface area contributed by atoms with Gasteiger partial charge in [0.05, 0.1) is 5.56 Å². The molecule has 0 aliphatic heterocycles. The summed E-state index contributed by atoms with van der Waals surface area (Å²) in [6.07, 6.45) is 0. The summed E-state index contributed by atoms with van der Waals surface area (Å²) in [4.78, 5) is 11.8. The second-order valence-corrected chi connectivity index (χ2v) is 4.44. The number of hydrogen-bond donors (Lipinski definition) is 1. The van der Waals surface area contributed by atoms with Crippen LogP contribution in [0, 0.1) is 0 Å². The molecule has 19 heavy (non-hydrogen) atoms. The van der Waals surface area contributed by atoms with Crippen LogP contribution in [0.4, 0.5) is 0 Å². The molecule has 0 saturated carbocycles. The van der Waals surface area contributed by atoms with Gasteiger partial charge < -0.3 is 0 Å². The highest BCUT2D eigenvalue weighted by Gasteiger charge is 2.24. The molecule has 0 aliphatic carbocycles. The molecule has 2 aromatic carbocycles. The van der Waals surface area contributed by atoms with E-state index in [1.807, 2.05) is 30.3 Å². The lowest BCUT2D eigenvalue weighted by Crippen LogP contribution is -2.36. The number of aromatic nitrogens is 2. The number of nitrogens with one attached hydrogen (secondary N) is 1. The van der Waals surface area contributed by atoms with Gasteiger partial charge in [-0.1, -0.05) is 29.8 Å². The van der Waals surface area contributed by atoms with Crippen LogP contribution in [0.2, 0.25) is 5.02 Å². The number of hydrogen-bond acceptors (Lipinski definition) is 2. The quantitative estimate of drug-likeness (QED) is 0.730. The van der Waals surface area contributed by atoms with Crippen molar-refractivity contribution in [3.8, 4) is 16.9 Å². The molecule has 0 aliphatic rings. The van der Waals surface area contributed by atoms with Gasteiger partial charge in [-0.2, -0.15) is 0 Å². The zero-order chi connectivity index (χ0) is 13.2. The van der Waals surface area contributed by atoms with E-state index in [4.69, 9.17) is 16.1 Å². The van der Waals surface area contributed by atoms with Crippen LogP contribution in [-0.4, -0.2) is 5.27 Å². The summed E-state index contributed by atoms with van der Waals surface area (Å²) in [6.45, 7) is 0. The van der Waals surface area contributed by atoms with Crippen LogP contribution in [0.1, 0.15) is 0 Å². The van der Waals surface area contributed by atoms with Crippen molar-refractivity contribution in [1.29, 1.82) is 0 Å². The monoisotopic (exact) mass is 273 g/mol. The molecule has 0 saturated heterocycles. The van der Waals surface area contributed by atoms with Gasteiger partial charge in [0.25, 0.3) is 0 Å². The number of halogens is 1. The van der Waals surface area contributed by atoms with Gasteiger partial charge in [-0.05, 0) is 34.2 Å². The van der Waals surface area contributed by atoms with Crippen molar-refractivity contribution >= 4 is 11.6 Å². The van der Waals surface area contributed by atoms with Gasteiger partial charge >= 0.3 is 11.3 Å². The molecule has 0 spiro atoms. The first-order chi connectivity index (χ1) is 9.25. The Hall–Kier alpha value is -2.33. The Kier molecular flexibility index (Phi) is 2.93. The van der Waals surface area contributed by atoms with E-state index in [0.717, 1.165) is 11.3 Å². The van der Waals surface area contributed by atoms with Crippen LogP contribution in [0.15, 0.2) is 63.9 Å². The molecule has 1 N–H and O–H groups in total. The zero-order valence-corrected chi connectivity index (χ0v) is 10.6. The van der Waals surface area contributed by atoms with Crippen molar-refractivity contribution in [1.82, 2.24) is 5.27 Å². The summed E-state index contributed by atoms with van der Waals surface area (Å²) in [6, 6.07) is 16.5. The average molecular weight is 274 g/mol. The lowest BCUT2D eigenvalue weighted by atomic mass is 10.1. The highest BCUT2D eigenvalue weighted by Crippen LogP contribution is 2.14. The third-order valence-corrected chi connectivity index (χ3v) is 3.03. The van der Waals surface area contributed by atoms with E-state index in [0.29, 0.717) is 10.7 Å². The minimum absolute atomic E-state index is 0.416. The predicted octanol–water partition coefficient (Wildman–Crippen LogP) is 2.57. The average Bonchev–Trinajstić information content (AvgIpc) is 2.82. The molecule has 0 unspecified atom stereocenters. The third-order valence-electron chi connectivity index (χ3n) is 2.78. The molecular formula is C14H10ClN2O2+. The van der Waals surface area contributed by atoms with Gasteiger partial charge in [0.1, 0.15) is 0 Å². The van der Waals surface area contributed by atoms with Crippen LogP contribution in [0.25, 0.3) is 16.9 Å². The standard InChI is InChI=1S/C14H9ClN2O2/c15-11-6-8-12(9-7-11)17-13(14(18)19-16-17)10-4-2-1-3-5-10/h1-9H/p+1. The van der Waals surface area contributed by atoms with Crippen LogP contribution >= 0.6 is 11.6 Å². The van der Waals surface area contributed by atoms with Gasteiger partial charge in [-0.3, -0.25) is 4.52 Å². The van der Waals surface area contributed by atoms with Gasteiger partial charge in [-0.25, -0.2) is 4.79 Å². The second kappa shape index (κ2) is 4.74. The Bertz CT molecular complexity index is 745. The number of benzene rings is 2. The summed E-state index contributed by atoms with van der Waals surface area (Å²) in [5.74, 6) is 0. The maximum absolute atomic E-state index is 11.8. The van der Waals surface area contributed by atoms with E-state index >= 15 is 0 Å². The highest BCUT2D eigenvalue weighted by atomic mass is 35.5. The number of nitrogens with zero attached hydrogens (tertiary/aromatic N) is 1. The molecular weight excluding hydrogens is 264 g/mol. The number of H-pyrrole nitrogens is 1. The Balaban J connectivity index is 2.19. The second-order valence-electron chi connectivity index (χ2n) is 4.01. The Labute approximate surface area is 113 Å². The maximum atomic E-state index is 11.8. The van der Waals surface area contributed by atoms with E-state index in [-0.39, 0.29) is 0 Å². The SMILES string of the molecule is O=c1o[nH][n+](-c2ccc(Cl)cc2)c1-c1ccccc1. The number of rotatable bonds is 2. The highest BCUT2D eigenvalue weighted by molar-refractivity contribution is 6.30. The van der Waals surface area contributed by atoms with Crippen molar-refractivity contribution in [3.05, 3.63) is 70.0 Å². The molecule has 0 fully saturated rings. The van der Waals surface area contributed by atoms with E-state index in [1.54, 1.807) is 28.9 Å². The molecule has 0 atom stereocenters. The lowest BCUT2D eigenvalue weighted by Gasteiger charge is -1.94. The van der Waals surface area contributed by atoms with E-state index in [1.165, 1.54) is 0 Å². The van der Waals surface area contributed by atoms with Gasteiger partial charge in [0.15, 0.2) is 0 Å². The zero-order valence-electron chi connectivity index (χ0n) is 9.84. The summed E-state index contributed by atoms with van der Waals surface area (Å²) in [5, 5.41) is 3.23. The van der Waals surface area contributed by atoms with Crippen LogP contribution < -0.4 is 10.3 Å². The molecule has 5 heteroatoms. The fourth-order valence-corrected chi connectivity index (χ4v) is 2.01. The largest absolute Gasteiger partial charge is 0.435 e. The summed E-state index contributed by atoms with van der Waals surface area (Å²) >= 11 is 5.86. The van der Waals surface area contributed by atoms with Crippen molar-refractivity contribution in [2.45, 2.75) is 0 Å². The van der Waals surface area contributed by atoms with E-state index in [9.17, 15) is 4.79 Å². The van der Waals surface area contributed by atoms with E-state index in [2.05, 4.69) is 5.27 Å². The third kappa shape index (κ3) is 2.18. The molecule has 0 amide bonds. The van der Waals surface area contributed by atoms with Gasteiger partial charge in [0, 0.05) is 17.2 Å². The molecule has 0 bridgehead atoms. The molecule has 1 aromatic heterocycles. The first-order valence-corrected chi connectivity index (χ1v) is 6.08.